The SMILES string of the molecule is CCN(CC)CCCNc1c([N+](=O)[O-])sc2ccccc12. The molecule has 2 aromatic rings. The molecule has 114 valence electrons. The van der Waals surface area contributed by atoms with Gasteiger partial charge in [-0.3, -0.25) is 10.1 Å². The van der Waals surface area contributed by atoms with Crippen LogP contribution >= 0.6 is 11.3 Å². The first kappa shape index (κ1) is 15.7. The Morgan fingerprint density at radius 2 is 2.00 bits per heavy atom. The molecule has 0 unspecified atom stereocenters. The van der Waals surface area contributed by atoms with Gasteiger partial charge in [-0.15, -0.1) is 0 Å². The Morgan fingerprint density at radius 3 is 2.67 bits per heavy atom. The molecule has 1 aromatic heterocycles. The summed E-state index contributed by atoms with van der Waals surface area (Å²) < 4.78 is 0.954. The fourth-order valence-electron chi connectivity index (χ4n) is 2.39. The first-order valence-electron chi connectivity index (χ1n) is 7.29. The maximum atomic E-state index is 11.2. The minimum atomic E-state index is -0.294. The number of nitrogens with one attached hydrogen (secondary N) is 1. The molecular weight excluding hydrogens is 286 g/mol. The number of nitrogens with zero attached hydrogens (tertiary/aromatic N) is 2. The summed E-state index contributed by atoms with van der Waals surface area (Å²) in [5.41, 5.74) is 0.667. The van der Waals surface area contributed by atoms with Gasteiger partial charge in [-0.2, -0.15) is 0 Å². The number of benzene rings is 1. The molecule has 0 bridgehead atoms. The van der Waals surface area contributed by atoms with Crippen LogP contribution in [0.5, 0.6) is 0 Å². The van der Waals surface area contributed by atoms with Gasteiger partial charge in [0.15, 0.2) is 0 Å². The van der Waals surface area contributed by atoms with Crippen molar-refractivity contribution in [1.29, 1.82) is 0 Å². The molecular formula is C15H21N3O2S. The first-order chi connectivity index (χ1) is 10.2. The Kier molecular flexibility index (Phi) is 5.52. The maximum absolute atomic E-state index is 11.2. The van der Waals surface area contributed by atoms with Crippen molar-refractivity contribution >= 4 is 32.1 Å². The summed E-state index contributed by atoms with van der Waals surface area (Å²) in [5.74, 6) is 0. The normalized spacial score (nSPS) is 11.2. The molecule has 5 nitrogen and oxygen atoms in total. The van der Waals surface area contributed by atoms with Crippen molar-refractivity contribution in [3.05, 3.63) is 34.4 Å². The predicted molar refractivity (Wildman–Crippen MR) is 89.4 cm³/mol. The van der Waals surface area contributed by atoms with Crippen LogP contribution in [-0.2, 0) is 0 Å². The number of thiophene rings is 1. The van der Waals surface area contributed by atoms with Crippen LogP contribution in [-0.4, -0.2) is 36.0 Å². The van der Waals surface area contributed by atoms with Crippen LogP contribution in [0.4, 0.5) is 10.7 Å². The second-order valence-corrected chi connectivity index (χ2v) is 5.87. The van der Waals surface area contributed by atoms with E-state index >= 15 is 0 Å². The van der Waals surface area contributed by atoms with Crippen molar-refractivity contribution < 1.29 is 4.92 Å². The summed E-state index contributed by atoms with van der Waals surface area (Å²) in [6, 6.07) is 7.69. The number of hydrogen-bond acceptors (Lipinski definition) is 5. The minimum absolute atomic E-state index is 0.207. The van der Waals surface area contributed by atoms with E-state index in [1.807, 2.05) is 24.3 Å². The van der Waals surface area contributed by atoms with E-state index in [-0.39, 0.29) is 9.92 Å². The molecule has 0 fully saturated rings. The van der Waals surface area contributed by atoms with Gasteiger partial charge in [-0.05, 0) is 32.1 Å². The third-order valence-corrected chi connectivity index (χ3v) is 4.71. The van der Waals surface area contributed by atoms with Crippen LogP contribution in [0.1, 0.15) is 20.3 Å². The molecule has 0 atom stereocenters. The third kappa shape index (κ3) is 3.71. The Balaban J connectivity index is 2.07. The van der Waals surface area contributed by atoms with E-state index < -0.39 is 0 Å². The molecule has 1 N–H and O–H groups in total. The highest BCUT2D eigenvalue weighted by molar-refractivity contribution is 7.23. The van der Waals surface area contributed by atoms with Gasteiger partial charge in [-0.25, -0.2) is 0 Å². The van der Waals surface area contributed by atoms with Gasteiger partial charge in [0, 0.05) is 16.6 Å². The van der Waals surface area contributed by atoms with Gasteiger partial charge in [0.25, 0.3) is 0 Å². The molecule has 0 radical (unpaired) electrons. The van der Waals surface area contributed by atoms with Crippen LogP contribution < -0.4 is 5.32 Å². The van der Waals surface area contributed by atoms with Crippen molar-refractivity contribution in [3.8, 4) is 0 Å². The lowest BCUT2D eigenvalue weighted by Gasteiger charge is -2.17. The molecule has 1 heterocycles. The molecule has 0 saturated carbocycles. The fourth-order valence-corrected chi connectivity index (χ4v) is 3.38. The van der Waals surface area contributed by atoms with Gasteiger partial charge in [0.1, 0.15) is 5.69 Å². The molecule has 2 rings (SSSR count). The summed E-state index contributed by atoms with van der Waals surface area (Å²) in [4.78, 5) is 13.2. The highest BCUT2D eigenvalue weighted by Gasteiger charge is 2.20. The zero-order valence-corrected chi connectivity index (χ0v) is 13.3. The molecule has 0 aliphatic heterocycles. The number of rotatable bonds is 8. The largest absolute Gasteiger partial charge is 0.378 e. The second-order valence-electron chi connectivity index (χ2n) is 4.84. The van der Waals surface area contributed by atoms with Crippen molar-refractivity contribution in [3.63, 3.8) is 0 Å². The van der Waals surface area contributed by atoms with Gasteiger partial charge in [0.05, 0.1) is 4.92 Å². The van der Waals surface area contributed by atoms with Gasteiger partial charge in [0.2, 0.25) is 0 Å². The highest BCUT2D eigenvalue weighted by Crippen LogP contribution is 2.41. The summed E-state index contributed by atoms with van der Waals surface area (Å²) in [7, 11) is 0. The lowest BCUT2D eigenvalue weighted by atomic mass is 10.2. The molecule has 0 spiro atoms. The number of nitro groups is 1. The van der Waals surface area contributed by atoms with E-state index in [0.29, 0.717) is 5.69 Å². The minimum Gasteiger partial charge on any atom is -0.378 e. The van der Waals surface area contributed by atoms with Crippen LogP contribution in [0.3, 0.4) is 0 Å². The van der Waals surface area contributed by atoms with Crippen molar-refractivity contribution in [2.24, 2.45) is 0 Å². The molecule has 0 aliphatic carbocycles. The molecule has 0 amide bonds. The topological polar surface area (TPSA) is 58.4 Å². The van der Waals surface area contributed by atoms with Crippen molar-refractivity contribution in [2.75, 3.05) is 31.5 Å². The van der Waals surface area contributed by atoms with Crippen LogP contribution in [0.2, 0.25) is 0 Å². The van der Waals surface area contributed by atoms with Crippen LogP contribution in [0, 0.1) is 10.1 Å². The zero-order chi connectivity index (χ0) is 15.2. The molecule has 21 heavy (non-hydrogen) atoms. The maximum Gasteiger partial charge on any atom is 0.348 e. The van der Waals surface area contributed by atoms with Crippen LogP contribution in [0.15, 0.2) is 24.3 Å². The van der Waals surface area contributed by atoms with Crippen LogP contribution in [0.25, 0.3) is 10.1 Å². The lowest BCUT2D eigenvalue weighted by molar-refractivity contribution is -0.379. The first-order valence-corrected chi connectivity index (χ1v) is 8.11. The molecule has 0 saturated heterocycles. The number of anilines is 1. The molecule has 1 aromatic carbocycles. The Hall–Kier alpha value is -1.66. The number of fused-ring (bicyclic) bond motifs is 1. The standard InChI is InChI=1S/C15H21N3O2S/c1-3-17(4-2)11-7-10-16-14-12-8-5-6-9-13(12)21-15(14)18(19)20/h5-6,8-9,16H,3-4,7,10-11H2,1-2H3. The summed E-state index contributed by atoms with van der Waals surface area (Å²) in [6.07, 6.45) is 0.975. The Bertz CT molecular complexity index is 608. The van der Waals surface area contributed by atoms with E-state index in [4.69, 9.17) is 0 Å². The van der Waals surface area contributed by atoms with Crippen molar-refractivity contribution in [1.82, 2.24) is 4.90 Å². The third-order valence-electron chi connectivity index (χ3n) is 3.59. The second kappa shape index (κ2) is 7.38. The lowest BCUT2D eigenvalue weighted by Crippen LogP contribution is -2.25. The highest BCUT2D eigenvalue weighted by atomic mass is 32.1. The monoisotopic (exact) mass is 307 g/mol. The van der Waals surface area contributed by atoms with E-state index in [0.717, 1.165) is 42.7 Å². The van der Waals surface area contributed by atoms with E-state index in [2.05, 4.69) is 24.1 Å². The quantitative estimate of drug-likeness (QED) is 0.456. The summed E-state index contributed by atoms with van der Waals surface area (Å²) >= 11 is 1.23. The molecule has 6 heteroatoms. The van der Waals surface area contributed by atoms with Crippen molar-refractivity contribution in [2.45, 2.75) is 20.3 Å². The molecule has 0 aliphatic rings. The smallest absolute Gasteiger partial charge is 0.348 e. The van der Waals surface area contributed by atoms with Gasteiger partial charge in [-0.1, -0.05) is 43.4 Å². The summed E-state index contributed by atoms with van der Waals surface area (Å²) in [5, 5.41) is 15.6. The van der Waals surface area contributed by atoms with E-state index in [9.17, 15) is 10.1 Å². The van der Waals surface area contributed by atoms with Gasteiger partial charge >= 0.3 is 5.00 Å². The Labute approximate surface area is 128 Å². The average Bonchev–Trinajstić information content (AvgIpc) is 2.86. The predicted octanol–water partition coefficient (Wildman–Crippen LogP) is 3.95. The zero-order valence-electron chi connectivity index (χ0n) is 12.5. The van der Waals surface area contributed by atoms with Gasteiger partial charge < -0.3 is 10.2 Å². The number of hydrogen-bond donors (Lipinski definition) is 1. The Morgan fingerprint density at radius 1 is 1.29 bits per heavy atom. The van der Waals surface area contributed by atoms with E-state index in [1.165, 1.54) is 11.3 Å². The fraction of sp³-hybridized carbons (Fsp3) is 0.467. The van der Waals surface area contributed by atoms with E-state index in [1.54, 1.807) is 0 Å². The average molecular weight is 307 g/mol. The summed E-state index contributed by atoms with van der Waals surface area (Å²) in [6.45, 7) is 8.13.